The zero-order valence-electron chi connectivity index (χ0n) is 15.5. The normalized spacial score (nSPS) is 13.1. The van der Waals surface area contributed by atoms with Crippen LogP contribution in [-0.4, -0.2) is 26.3 Å². The van der Waals surface area contributed by atoms with Gasteiger partial charge in [0.05, 0.1) is 5.71 Å². The van der Waals surface area contributed by atoms with Crippen LogP contribution >= 0.6 is 11.8 Å². The molecule has 5 rings (SSSR count). The van der Waals surface area contributed by atoms with E-state index in [0.29, 0.717) is 17.8 Å². The summed E-state index contributed by atoms with van der Waals surface area (Å²) in [6, 6.07) is 25.4. The van der Waals surface area contributed by atoms with Crippen LogP contribution in [0.3, 0.4) is 0 Å². The van der Waals surface area contributed by atoms with E-state index < -0.39 is 0 Å². The van der Waals surface area contributed by atoms with E-state index in [-0.39, 0.29) is 5.82 Å². The van der Waals surface area contributed by atoms with Gasteiger partial charge >= 0.3 is 0 Å². The van der Waals surface area contributed by atoms with Crippen molar-refractivity contribution in [2.45, 2.75) is 11.6 Å². The minimum Gasteiger partial charge on any atom is -0.207 e. The molecule has 0 spiro atoms. The van der Waals surface area contributed by atoms with Crippen molar-refractivity contribution in [2.75, 3.05) is 5.75 Å². The van der Waals surface area contributed by atoms with Gasteiger partial charge in [0.2, 0.25) is 5.16 Å². The highest BCUT2D eigenvalue weighted by Crippen LogP contribution is 2.26. The van der Waals surface area contributed by atoms with Crippen molar-refractivity contribution in [1.29, 1.82) is 0 Å². The van der Waals surface area contributed by atoms with Crippen LogP contribution in [-0.2, 0) is 6.42 Å². The first kappa shape index (κ1) is 17.8. The predicted octanol–water partition coefficient (Wildman–Crippen LogP) is 5.03. The average Bonchev–Trinajstić information content (AvgIpc) is 3.18. The predicted molar refractivity (Wildman–Crippen MR) is 114 cm³/mol. The molecule has 29 heavy (non-hydrogen) atoms. The van der Waals surface area contributed by atoms with Crippen LogP contribution in [0, 0.1) is 5.82 Å². The quantitative estimate of drug-likeness (QED) is 0.482. The van der Waals surface area contributed by atoms with Crippen LogP contribution in [0.25, 0.3) is 11.1 Å². The molecule has 0 unspecified atom stereocenters. The Balaban J connectivity index is 1.44. The number of rotatable bonds is 4. The molecule has 4 nitrogen and oxygen atoms in total. The van der Waals surface area contributed by atoms with Gasteiger partial charge in [0.15, 0.2) is 5.82 Å². The standard InChI is InChI=1S/C23H17FN4S/c24-20-9-5-4-8-19(20)14-22-25-26-23-28(22)27-21(15-29-23)18-12-10-17(11-13-18)16-6-2-1-3-7-16/h1-13H,14-15H2. The second-order valence-electron chi connectivity index (χ2n) is 6.76. The Morgan fingerprint density at radius 1 is 0.793 bits per heavy atom. The largest absolute Gasteiger partial charge is 0.212 e. The Hall–Kier alpha value is -3.25. The summed E-state index contributed by atoms with van der Waals surface area (Å²) in [6.07, 6.45) is 0.351. The van der Waals surface area contributed by atoms with Crippen LogP contribution in [0.4, 0.5) is 4.39 Å². The molecule has 0 amide bonds. The Morgan fingerprint density at radius 2 is 1.48 bits per heavy atom. The molecule has 0 saturated heterocycles. The zero-order valence-corrected chi connectivity index (χ0v) is 16.3. The molecule has 4 aromatic rings. The lowest BCUT2D eigenvalue weighted by Crippen LogP contribution is -2.15. The molecule has 6 heteroatoms. The van der Waals surface area contributed by atoms with Crippen LogP contribution in [0.2, 0.25) is 0 Å². The lowest BCUT2D eigenvalue weighted by Gasteiger charge is -2.14. The van der Waals surface area contributed by atoms with E-state index in [2.05, 4.69) is 46.6 Å². The van der Waals surface area contributed by atoms with Gasteiger partial charge in [-0.2, -0.15) is 9.78 Å². The molecule has 1 aliphatic rings. The summed E-state index contributed by atoms with van der Waals surface area (Å²) < 4.78 is 15.8. The third kappa shape index (κ3) is 3.59. The highest BCUT2D eigenvalue weighted by Gasteiger charge is 2.20. The monoisotopic (exact) mass is 400 g/mol. The first-order valence-electron chi connectivity index (χ1n) is 9.32. The first-order valence-corrected chi connectivity index (χ1v) is 10.3. The fourth-order valence-corrected chi connectivity index (χ4v) is 4.17. The van der Waals surface area contributed by atoms with E-state index in [1.54, 1.807) is 28.6 Å². The van der Waals surface area contributed by atoms with Gasteiger partial charge in [-0.3, -0.25) is 0 Å². The van der Waals surface area contributed by atoms with Crippen molar-refractivity contribution in [2.24, 2.45) is 5.10 Å². The minimum absolute atomic E-state index is 0.242. The summed E-state index contributed by atoms with van der Waals surface area (Å²) in [5, 5.41) is 14.0. The van der Waals surface area contributed by atoms with Crippen molar-refractivity contribution < 1.29 is 4.39 Å². The highest BCUT2D eigenvalue weighted by molar-refractivity contribution is 7.99. The van der Waals surface area contributed by atoms with E-state index in [9.17, 15) is 4.39 Å². The topological polar surface area (TPSA) is 43.1 Å². The van der Waals surface area contributed by atoms with Crippen LogP contribution in [0.5, 0.6) is 0 Å². The third-order valence-electron chi connectivity index (χ3n) is 4.87. The first-order chi connectivity index (χ1) is 14.3. The fraction of sp³-hybridized carbons (Fsp3) is 0.0870. The number of nitrogens with zero attached hydrogens (tertiary/aromatic N) is 4. The number of fused-ring (bicyclic) bond motifs is 1. The smallest absolute Gasteiger partial charge is 0.207 e. The maximum atomic E-state index is 14.0. The second-order valence-corrected chi connectivity index (χ2v) is 7.70. The van der Waals surface area contributed by atoms with Gasteiger partial charge in [0.1, 0.15) is 5.82 Å². The summed E-state index contributed by atoms with van der Waals surface area (Å²) in [6.45, 7) is 0. The maximum absolute atomic E-state index is 14.0. The minimum atomic E-state index is -0.242. The van der Waals surface area contributed by atoms with Gasteiger partial charge in [-0.15, -0.1) is 10.2 Å². The molecule has 0 atom stereocenters. The van der Waals surface area contributed by atoms with E-state index in [4.69, 9.17) is 5.10 Å². The van der Waals surface area contributed by atoms with E-state index in [1.165, 1.54) is 17.2 Å². The summed E-state index contributed by atoms with van der Waals surface area (Å²) in [7, 11) is 0. The molecule has 142 valence electrons. The summed E-state index contributed by atoms with van der Waals surface area (Å²) in [4.78, 5) is 0. The van der Waals surface area contributed by atoms with Gasteiger partial charge < -0.3 is 0 Å². The van der Waals surface area contributed by atoms with E-state index >= 15 is 0 Å². The van der Waals surface area contributed by atoms with Gasteiger partial charge in [0, 0.05) is 12.2 Å². The van der Waals surface area contributed by atoms with E-state index in [1.807, 2.05) is 24.3 Å². The Bertz CT molecular complexity index is 1180. The Labute approximate surface area is 172 Å². The van der Waals surface area contributed by atoms with Crippen molar-refractivity contribution in [3.05, 3.63) is 102 Å². The number of aromatic nitrogens is 3. The Morgan fingerprint density at radius 3 is 2.28 bits per heavy atom. The summed E-state index contributed by atoms with van der Waals surface area (Å²) in [5.41, 5.74) is 4.96. The Kier molecular flexibility index (Phi) is 4.69. The van der Waals surface area contributed by atoms with Gasteiger partial charge in [-0.1, -0.05) is 84.6 Å². The molecule has 1 aliphatic heterocycles. The number of thioether (sulfide) groups is 1. The molecular weight excluding hydrogens is 383 g/mol. The summed E-state index contributed by atoms with van der Waals surface area (Å²) >= 11 is 1.59. The molecule has 0 radical (unpaired) electrons. The van der Waals surface area contributed by atoms with Crippen LogP contribution < -0.4 is 0 Å². The number of hydrogen-bond acceptors (Lipinski definition) is 4. The molecule has 0 aliphatic carbocycles. The number of hydrogen-bond donors (Lipinski definition) is 0. The van der Waals surface area contributed by atoms with Gasteiger partial charge in [0.25, 0.3) is 0 Å². The SMILES string of the molecule is Fc1ccccc1Cc1nnc2n1N=C(c1ccc(-c3ccccc3)cc1)CS2. The number of benzene rings is 3. The second kappa shape index (κ2) is 7.64. The lowest BCUT2D eigenvalue weighted by atomic mass is 10.0. The molecule has 3 aromatic carbocycles. The van der Waals surface area contributed by atoms with Crippen molar-refractivity contribution in [1.82, 2.24) is 14.9 Å². The maximum Gasteiger partial charge on any atom is 0.212 e. The van der Waals surface area contributed by atoms with Crippen molar-refractivity contribution in [3.8, 4) is 11.1 Å². The molecule has 0 bridgehead atoms. The molecule has 0 fully saturated rings. The van der Waals surface area contributed by atoms with Gasteiger partial charge in [-0.25, -0.2) is 4.39 Å². The fourth-order valence-electron chi connectivity index (χ4n) is 3.32. The van der Waals surface area contributed by atoms with Crippen molar-refractivity contribution >= 4 is 17.5 Å². The molecule has 0 saturated carbocycles. The van der Waals surface area contributed by atoms with Gasteiger partial charge in [-0.05, 0) is 28.3 Å². The highest BCUT2D eigenvalue weighted by atomic mass is 32.2. The number of halogens is 1. The lowest BCUT2D eigenvalue weighted by molar-refractivity contribution is 0.608. The van der Waals surface area contributed by atoms with Crippen LogP contribution in [0.15, 0.2) is 89.1 Å². The van der Waals surface area contributed by atoms with Crippen molar-refractivity contribution in [3.63, 3.8) is 0 Å². The van der Waals surface area contributed by atoms with E-state index in [0.717, 1.165) is 22.2 Å². The van der Waals surface area contributed by atoms with Crippen LogP contribution in [0.1, 0.15) is 17.0 Å². The molecule has 0 N–H and O–H groups in total. The molecule has 1 aromatic heterocycles. The third-order valence-corrected chi connectivity index (χ3v) is 5.80. The molecular formula is C23H17FN4S. The molecule has 2 heterocycles. The average molecular weight is 400 g/mol. The summed E-state index contributed by atoms with van der Waals surface area (Å²) in [5.74, 6) is 1.12. The zero-order chi connectivity index (χ0) is 19.6.